The minimum Gasteiger partial charge on any atom is -0.352 e. The van der Waals surface area contributed by atoms with Gasteiger partial charge in [-0.05, 0) is 24.0 Å². The molecule has 0 aliphatic heterocycles. The van der Waals surface area contributed by atoms with Crippen molar-refractivity contribution in [1.82, 2.24) is 5.32 Å². The van der Waals surface area contributed by atoms with Crippen molar-refractivity contribution in [1.29, 1.82) is 0 Å². The van der Waals surface area contributed by atoms with Crippen LogP contribution in [0.5, 0.6) is 0 Å². The van der Waals surface area contributed by atoms with Crippen molar-refractivity contribution in [2.45, 2.75) is 13.0 Å². The van der Waals surface area contributed by atoms with Gasteiger partial charge in [0.2, 0.25) is 5.91 Å². The number of amides is 1. The van der Waals surface area contributed by atoms with Crippen LogP contribution in [0.15, 0.2) is 18.2 Å². The summed E-state index contributed by atoms with van der Waals surface area (Å²) in [7, 11) is 0. The van der Waals surface area contributed by atoms with Crippen LogP contribution in [0.4, 0.5) is 4.39 Å². The Morgan fingerprint density at radius 3 is 2.93 bits per heavy atom. The summed E-state index contributed by atoms with van der Waals surface area (Å²) in [6.45, 7) is 0.152. The number of hydrogen-bond donors (Lipinski definition) is 2. The lowest BCUT2D eigenvalue weighted by Gasteiger charge is -2.05. The van der Waals surface area contributed by atoms with Crippen LogP contribution in [0.3, 0.4) is 0 Å². The van der Waals surface area contributed by atoms with Gasteiger partial charge in [0, 0.05) is 23.6 Å². The third kappa shape index (κ3) is 4.10. The van der Waals surface area contributed by atoms with E-state index in [1.165, 1.54) is 18.2 Å². The Morgan fingerprint density at radius 1 is 1.53 bits per heavy atom. The van der Waals surface area contributed by atoms with E-state index in [4.69, 9.17) is 11.6 Å². The number of carbonyl (C=O) groups is 1. The summed E-state index contributed by atoms with van der Waals surface area (Å²) >= 11 is 9.62. The molecule has 0 unspecified atom stereocenters. The zero-order valence-electron chi connectivity index (χ0n) is 7.96. The van der Waals surface area contributed by atoms with E-state index in [2.05, 4.69) is 17.9 Å². The zero-order chi connectivity index (χ0) is 11.3. The standard InChI is InChI=1S/C10H11ClFNOS/c11-8-1-2-9(12)7(5-8)6-13-10(14)3-4-15/h1-2,5,15H,3-4,6H2,(H,13,14). The second-order valence-electron chi connectivity index (χ2n) is 2.99. The van der Waals surface area contributed by atoms with Gasteiger partial charge in [-0.3, -0.25) is 4.79 Å². The molecule has 0 atom stereocenters. The van der Waals surface area contributed by atoms with Crippen LogP contribution >= 0.6 is 24.2 Å². The van der Waals surface area contributed by atoms with Crippen LogP contribution in [-0.2, 0) is 11.3 Å². The molecule has 0 heterocycles. The van der Waals surface area contributed by atoms with Gasteiger partial charge in [-0.1, -0.05) is 11.6 Å². The van der Waals surface area contributed by atoms with Gasteiger partial charge in [-0.2, -0.15) is 12.6 Å². The monoisotopic (exact) mass is 247 g/mol. The zero-order valence-corrected chi connectivity index (χ0v) is 9.62. The Labute approximate surface area is 98.2 Å². The molecule has 1 amide bonds. The highest BCUT2D eigenvalue weighted by molar-refractivity contribution is 7.80. The first-order valence-corrected chi connectivity index (χ1v) is 5.46. The first-order chi connectivity index (χ1) is 7.13. The van der Waals surface area contributed by atoms with Gasteiger partial charge in [-0.15, -0.1) is 0 Å². The van der Waals surface area contributed by atoms with Crippen LogP contribution in [0.25, 0.3) is 0 Å². The fourth-order valence-corrected chi connectivity index (χ4v) is 1.46. The molecule has 0 aliphatic rings. The lowest BCUT2D eigenvalue weighted by atomic mass is 10.2. The fourth-order valence-electron chi connectivity index (χ4n) is 1.06. The molecule has 0 saturated heterocycles. The van der Waals surface area contributed by atoms with Crippen molar-refractivity contribution in [2.75, 3.05) is 5.75 Å². The number of hydrogen-bond acceptors (Lipinski definition) is 2. The van der Waals surface area contributed by atoms with E-state index in [-0.39, 0.29) is 18.3 Å². The van der Waals surface area contributed by atoms with Gasteiger partial charge in [0.15, 0.2) is 0 Å². The summed E-state index contributed by atoms with van der Waals surface area (Å²) in [4.78, 5) is 11.1. The first kappa shape index (κ1) is 12.3. The van der Waals surface area contributed by atoms with Gasteiger partial charge >= 0.3 is 0 Å². The number of benzene rings is 1. The molecule has 0 fully saturated rings. The van der Waals surface area contributed by atoms with E-state index in [1.807, 2.05) is 0 Å². The Bertz CT molecular complexity index is 359. The number of carbonyl (C=O) groups excluding carboxylic acids is 1. The van der Waals surface area contributed by atoms with Crippen LogP contribution in [0, 0.1) is 5.82 Å². The maximum atomic E-state index is 13.2. The van der Waals surface area contributed by atoms with Gasteiger partial charge in [0.05, 0.1) is 0 Å². The molecule has 15 heavy (non-hydrogen) atoms. The number of thiol groups is 1. The highest BCUT2D eigenvalue weighted by Crippen LogP contribution is 2.14. The first-order valence-electron chi connectivity index (χ1n) is 4.45. The minimum atomic E-state index is -0.370. The molecular formula is C10H11ClFNOS. The van der Waals surface area contributed by atoms with Crippen molar-refractivity contribution < 1.29 is 9.18 Å². The minimum absolute atomic E-state index is 0.149. The van der Waals surface area contributed by atoms with Crippen LogP contribution in [-0.4, -0.2) is 11.7 Å². The summed E-state index contributed by atoms with van der Waals surface area (Å²) in [6, 6.07) is 4.25. The highest BCUT2D eigenvalue weighted by atomic mass is 35.5. The SMILES string of the molecule is O=C(CCS)NCc1cc(Cl)ccc1F. The van der Waals surface area contributed by atoms with Crippen LogP contribution in [0.1, 0.15) is 12.0 Å². The Balaban J connectivity index is 2.57. The molecule has 1 N–H and O–H groups in total. The molecule has 0 bridgehead atoms. The third-order valence-corrected chi connectivity index (χ3v) is 2.28. The summed E-state index contributed by atoms with van der Waals surface area (Å²) in [5.41, 5.74) is 0.384. The predicted octanol–water partition coefficient (Wildman–Crippen LogP) is 2.42. The van der Waals surface area contributed by atoms with E-state index in [0.29, 0.717) is 22.8 Å². The molecule has 5 heteroatoms. The van der Waals surface area contributed by atoms with Gasteiger partial charge in [-0.25, -0.2) is 4.39 Å². The number of rotatable bonds is 4. The molecule has 82 valence electrons. The molecule has 1 aromatic rings. The Kier molecular flexibility index (Phi) is 4.91. The molecule has 0 saturated carbocycles. The van der Waals surface area contributed by atoms with Gasteiger partial charge < -0.3 is 5.32 Å². The molecule has 1 aromatic carbocycles. The van der Waals surface area contributed by atoms with Crippen LogP contribution in [0.2, 0.25) is 5.02 Å². The number of halogens is 2. The molecule has 2 nitrogen and oxygen atoms in total. The molecule has 0 radical (unpaired) electrons. The molecule has 0 spiro atoms. The summed E-state index contributed by atoms with van der Waals surface area (Å²) < 4.78 is 13.2. The molecule has 0 aromatic heterocycles. The average Bonchev–Trinajstić information content (AvgIpc) is 2.20. The summed E-state index contributed by atoms with van der Waals surface area (Å²) in [6.07, 6.45) is 0.325. The van der Waals surface area contributed by atoms with E-state index >= 15 is 0 Å². The Hall–Kier alpha value is -0.740. The van der Waals surface area contributed by atoms with Crippen molar-refractivity contribution in [3.05, 3.63) is 34.6 Å². The van der Waals surface area contributed by atoms with E-state index < -0.39 is 0 Å². The normalized spacial score (nSPS) is 10.1. The fraction of sp³-hybridized carbons (Fsp3) is 0.300. The molecular weight excluding hydrogens is 237 g/mol. The second-order valence-corrected chi connectivity index (χ2v) is 3.87. The Morgan fingerprint density at radius 2 is 2.27 bits per heavy atom. The highest BCUT2D eigenvalue weighted by Gasteiger charge is 2.04. The lowest BCUT2D eigenvalue weighted by molar-refractivity contribution is -0.120. The van der Waals surface area contributed by atoms with E-state index in [1.54, 1.807) is 0 Å². The van der Waals surface area contributed by atoms with Gasteiger partial charge in [0.1, 0.15) is 5.82 Å². The smallest absolute Gasteiger partial charge is 0.221 e. The quantitative estimate of drug-likeness (QED) is 0.787. The maximum absolute atomic E-state index is 13.2. The lowest BCUT2D eigenvalue weighted by Crippen LogP contribution is -2.23. The molecule has 0 aliphatic carbocycles. The van der Waals surface area contributed by atoms with Crippen molar-refractivity contribution in [2.24, 2.45) is 0 Å². The van der Waals surface area contributed by atoms with Crippen molar-refractivity contribution in [3.63, 3.8) is 0 Å². The number of nitrogens with one attached hydrogen (secondary N) is 1. The third-order valence-electron chi connectivity index (χ3n) is 1.82. The average molecular weight is 248 g/mol. The predicted molar refractivity (Wildman–Crippen MR) is 61.7 cm³/mol. The topological polar surface area (TPSA) is 29.1 Å². The van der Waals surface area contributed by atoms with Crippen LogP contribution < -0.4 is 5.32 Å². The second kappa shape index (κ2) is 5.98. The summed E-state index contributed by atoms with van der Waals surface area (Å²) in [5, 5.41) is 3.04. The van der Waals surface area contributed by atoms with Gasteiger partial charge in [0.25, 0.3) is 0 Å². The largest absolute Gasteiger partial charge is 0.352 e. The van der Waals surface area contributed by atoms with Crippen molar-refractivity contribution >= 4 is 30.1 Å². The van der Waals surface area contributed by atoms with E-state index in [0.717, 1.165) is 0 Å². The molecule has 1 rings (SSSR count). The van der Waals surface area contributed by atoms with Crippen molar-refractivity contribution in [3.8, 4) is 0 Å². The van der Waals surface area contributed by atoms with E-state index in [9.17, 15) is 9.18 Å². The summed E-state index contributed by atoms with van der Waals surface area (Å²) in [5.74, 6) is -0.0425. The maximum Gasteiger partial charge on any atom is 0.221 e.